The molecule has 0 radical (unpaired) electrons. The molecule has 1 aliphatic heterocycles. The maximum Gasteiger partial charge on any atom is 0.148 e. The first-order chi connectivity index (χ1) is 8.25. The quantitative estimate of drug-likeness (QED) is 0.797. The van der Waals surface area contributed by atoms with E-state index in [1.807, 2.05) is 36.4 Å². The first-order valence-electron chi connectivity index (χ1n) is 5.17. The highest BCUT2D eigenvalue weighted by Crippen LogP contribution is 2.33. The number of alkyl halides is 1. The van der Waals surface area contributed by atoms with Gasteiger partial charge in [0.1, 0.15) is 11.3 Å². The fourth-order valence-corrected chi connectivity index (χ4v) is 2.35. The summed E-state index contributed by atoms with van der Waals surface area (Å²) in [5, 5.41) is 8.09. The van der Waals surface area contributed by atoms with E-state index in [-0.39, 0.29) is 5.50 Å². The number of nitrogens with zero attached hydrogens (tertiary/aromatic N) is 2. The van der Waals surface area contributed by atoms with Crippen molar-refractivity contribution < 1.29 is 0 Å². The van der Waals surface area contributed by atoms with E-state index in [1.54, 1.807) is 10.9 Å². The molecule has 0 fully saturated rings. The second-order valence-corrected chi connectivity index (χ2v) is 4.57. The third-order valence-corrected chi connectivity index (χ3v) is 3.28. The molecule has 1 aromatic carbocycles. The Labute approximate surface area is 109 Å². The first kappa shape index (κ1) is 10.7. The van der Waals surface area contributed by atoms with Gasteiger partial charge in [0, 0.05) is 22.3 Å². The second-order valence-electron chi connectivity index (χ2n) is 3.72. The van der Waals surface area contributed by atoms with E-state index in [9.17, 15) is 0 Å². The zero-order valence-electron chi connectivity index (χ0n) is 8.77. The Kier molecular flexibility index (Phi) is 2.57. The van der Waals surface area contributed by atoms with E-state index < -0.39 is 0 Å². The fraction of sp³-hybridized carbons (Fsp3) is 0.0833. The van der Waals surface area contributed by atoms with Gasteiger partial charge in [-0.1, -0.05) is 41.4 Å². The van der Waals surface area contributed by atoms with Crippen LogP contribution in [-0.2, 0) is 0 Å². The monoisotopic (exact) mass is 265 g/mol. The van der Waals surface area contributed by atoms with E-state index in [1.165, 1.54) is 0 Å². The van der Waals surface area contributed by atoms with Crippen LogP contribution in [0.25, 0.3) is 5.70 Å². The van der Waals surface area contributed by atoms with E-state index in [0.29, 0.717) is 5.02 Å². The summed E-state index contributed by atoms with van der Waals surface area (Å²) in [6.07, 6.45) is 3.60. The van der Waals surface area contributed by atoms with Crippen molar-refractivity contribution in [2.45, 2.75) is 5.50 Å². The number of nitrogens with one attached hydrogen (secondary N) is 1. The van der Waals surface area contributed by atoms with Crippen molar-refractivity contribution in [3.05, 3.63) is 53.2 Å². The van der Waals surface area contributed by atoms with Crippen molar-refractivity contribution in [1.29, 1.82) is 0 Å². The van der Waals surface area contributed by atoms with Crippen molar-refractivity contribution in [2.24, 2.45) is 0 Å². The summed E-state index contributed by atoms with van der Waals surface area (Å²) in [5.41, 5.74) is 1.54. The molecule has 1 aromatic heterocycles. The number of hydrogen-bond donors (Lipinski definition) is 1. The molecule has 1 atom stereocenters. The van der Waals surface area contributed by atoms with Gasteiger partial charge in [0.25, 0.3) is 0 Å². The molecule has 1 unspecified atom stereocenters. The van der Waals surface area contributed by atoms with Crippen LogP contribution in [0.4, 0.5) is 5.82 Å². The number of allylic oxidation sites excluding steroid dienone is 1. The van der Waals surface area contributed by atoms with Gasteiger partial charge in [0.2, 0.25) is 0 Å². The van der Waals surface area contributed by atoms with Gasteiger partial charge in [-0.15, -0.1) is 0 Å². The molecule has 86 valence electrons. The van der Waals surface area contributed by atoms with Gasteiger partial charge in [0.05, 0.1) is 6.20 Å². The third-order valence-electron chi connectivity index (χ3n) is 2.63. The normalized spacial score (nSPS) is 18.2. The lowest BCUT2D eigenvalue weighted by Crippen LogP contribution is -2.15. The number of halogens is 2. The highest BCUT2D eigenvalue weighted by molar-refractivity contribution is 6.32. The zero-order valence-corrected chi connectivity index (χ0v) is 10.3. The minimum absolute atomic E-state index is 0.299. The van der Waals surface area contributed by atoms with E-state index >= 15 is 0 Å². The third kappa shape index (κ3) is 1.81. The minimum Gasteiger partial charge on any atom is -0.340 e. The molecule has 2 aromatic rings. The second kappa shape index (κ2) is 4.09. The Bertz CT molecular complexity index is 589. The van der Waals surface area contributed by atoms with Crippen LogP contribution in [0.5, 0.6) is 0 Å². The van der Waals surface area contributed by atoms with E-state index in [4.69, 9.17) is 23.2 Å². The molecule has 0 saturated carbocycles. The van der Waals surface area contributed by atoms with Crippen LogP contribution < -0.4 is 5.32 Å². The van der Waals surface area contributed by atoms with Crippen molar-refractivity contribution in [2.75, 3.05) is 5.32 Å². The lowest BCUT2D eigenvalue weighted by molar-refractivity contribution is 0.679. The molecule has 3 rings (SSSR count). The van der Waals surface area contributed by atoms with Gasteiger partial charge in [-0.2, -0.15) is 5.10 Å². The summed E-state index contributed by atoms with van der Waals surface area (Å²) in [6, 6.07) is 9.53. The first-order valence-corrected chi connectivity index (χ1v) is 5.98. The number of hydrogen-bond acceptors (Lipinski definition) is 2. The molecule has 3 nitrogen and oxygen atoms in total. The molecule has 1 aliphatic rings. The average Bonchev–Trinajstić information content (AvgIpc) is 2.78. The maximum atomic E-state index is 6.23. The summed E-state index contributed by atoms with van der Waals surface area (Å²) in [5.74, 6) is 0.863. The summed E-state index contributed by atoms with van der Waals surface area (Å²) < 4.78 is 1.71. The highest BCUT2D eigenvalue weighted by atomic mass is 35.5. The van der Waals surface area contributed by atoms with Gasteiger partial charge in [0.15, 0.2) is 0 Å². The zero-order chi connectivity index (χ0) is 11.8. The Morgan fingerprint density at radius 3 is 2.88 bits per heavy atom. The Morgan fingerprint density at radius 1 is 1.24 bits per heavy atom. The molecular weight excluding hydrogens is 257 g/mol. The standard InChI is InChI=1S/C12H9Cl2N3/c13-9-4-2-1-3-8(9)10-7-11(14)17-12(16-10)5-6-15-17/h1-7,11,16H. The number of anilines is 1. The van der Waals surface area contributed by atoms with Gasteiger partial charge in [-0.05, 0) is 12.1 Å². The van der Waals surface area contributed by atoms with Crippen LogP contribution in [0.15, 0.2) is 42.6 Å². The van der Waals surface area contributed by atoms with Crippen LogP contribution in [0.2, 0.25) is 5.02 Å². The lowest BCUT2D eigenvalue weighted by atomic mass is 10.1. The molecule has 0 amide bonds. The largest absolute Gasteiger partial charge is 0.340 e. The highest BCUT2D eigenvalue weighted by Gasteiger charge is 2.19. The van der Waals surface area contributed by atoms with Gasteiger partial charge < -0.3 is 5.32 Å². The molecule has 2 heterocycles. The molecule has 0 aliphatic carbocycles. The van der Waals surface area contributed by atoms with Crippen molar-refractivity contribution in [1.82, 2.24) is 9.78 Å². The lowest BCUT2D eigenvalue weighted by Gasteiger charge is -2.21. The van der Waals surface area contributed by atoms with Gasteiger partial charge in [-0.25, -0.2) is 4.68 Å². The van der Waals surface area contributed by atoms with Crippen LogP contribution >= 0.6 is 23.2 Å². The SMILES string of the molecule is Clc1ccccc1C1=CC(Cl)n2nccc2N1. The topological polar surface area (TPSA) is 29.9 Å². The van der Waals surface area contributed by atoms with Crippen LogP contribution in [0, 0.1) is 0 Å². The predicted molar refractivity (Wildman–Crippen MR) is 70.2 cm³/mol. The van der Waals surface area contributed by atoms with E-state index in [2.05, 4.69) is 10.4 Å². The number of fused-ring (bicyclic) bond motifs is 1. The van der Waals surface area contributed by atoms with Crippen LogP contribution in [0.3, 0.4) is 0 Å². The Morgan fingerprint density at radius 2 is 2.06 bits per heavy atom. The van der Waals surface area contributed by atoms with Crippen LogP contribution in [-0.4, -0.2) is 9.78 Å². The number of aromatic nitrogens is 2. The maximum absolute atomic E-state index is 6.23. The summed E-state index contributed by atoms with van der Waals surface area (Å²) in [6.45, 7) is 0. The molecule has 0 bridgehead atoms. The van der Waals surface area contributed by atoms with Crippen molar-refractivity contribution >= 4 is 34.7 Å². The summed E-state index contributed by atoms with van der Waals surface area (Å²) >= 11 is 12.4. The van der Waals surface area contributed by atoms with E-state index in [0.717, 1.165) is 17.1 Å². The smallest absolute Gasteiger partial charge is 0.148 e. The minimum atomic E-state index is -0.299. The average molecular weight is 266 g/mol. The van der Waals surface area contributed by atoms with Crippen molar-refractivity contribution in [3.63, 3.8) is 0 Å². The van der Waals surface area contributed by atoms with Crippen molar-refractivity contribution in [3.8, 4) is 0 Å². The summed E-state index contributed by atoms with van der Waals surface area (Å²) in [7, 11) is 0. The molecule has 1 N–H and O–H groups in total. The molecule has 0 saturated heterocycles. The predicted octanol–water partition coefficient (Wildman–Crippen LogP) is 3.74. The molecular formula is C12H9Cl2N3. The van der Waals surface area contributed by atoms with Crippen LogP contribution in [0.1, 0.15) is 11.1 Å². The number of benzene rings is 1. The molecule has 17 heavy (non-hydrogen) atoms. The Balaban J connectivity index is 2.04. The molecule has 5 heteroatoms. The van der Waals surface area contributed by atoms with Gasteiger partial charge >= 0.3 is 0 Å². The Hall–Kier alpha value is -1.45. The van der Waals surface area contributed by atoms with Gasteiger partial charge in [-0.3, -0.25) is 0 Å². The fourth-order valence-electron chi connectivity index (χ4n) is 1.83. The number of rotatable bonds is 1. The molecule has 0 spiro atoms. The summed E-state index contributed by atoms with van der Waals surface area (Å²) in [4.78, 5) is 0.